The number of benzene rings is 1. The molecule has 0 aliphatic heterocycles. The van der Waals surface area contributed by atoms with Gasteiger partial charge in [0.1, 0.15) is 5.15 Å². The topological polar surface area (TPSA) is 17.8 Å². The van der Waals surface area contributed by atoms with Crippen LogP contribution in [0.2, 0.25) is 5.15 Å². The third kappa shape index (κ3) is 0.906. The molecule has 1 heterocycles. The van der Waals surface area contributed by atoms with E-state index >= 15 is 0 Å². The molecule has 0 bridgehead atoms. The molecule has 0 amide bonds. The normalized spacial score (nSPS) is 10.7. The lowest BCUT2D eigenvalue weighted by atomic mass is 10.3. The zero-order valence-corrected chi connectivity index (χ0v) is 6.84. The first-order valence-electron chi connectivity index (χ1n) is 3.36. The summed E-state index contributed by atoms with van der Waals surface area (Å²) in [6.07, 6.45) is 0. The number of aromatic nitrogens is 2. The molecule has 2 nitrogen and oxygen atoms in total. The molecule has 1 aromatic heterocycles. The highest BCUT2D eigenvalue weighted by molar-refractivity contribution is 6.34. The highest BCUT2D eigenvalue weighted by Gasteiger charge is 2.03. The number of fused-ring (bicyclic) bond motifs is 1. The van der Waals surface area contributed by atoms with E-state index in [-0.39, 0.29) is 0 Å². The van der Waals surface area contributed by atoms with Crippen molar-refractivity contribution in [2.24, 2.45) is 7.05 Å². The van der Waals surface area contributed by atoms with Gasteiger partial charge in [-0.1, -0.05) is 23.7 Å². The van der Waals surface area contributed by atoms with Gasteiger partial charge in [0.05, 0.1) is 5.52 Å². The number of hydrogen-bond donors (Lipinski definition) is 0. The van der Waals surface area contributed by atoms with Crippen LogP contribution in [0.4, 0.5) is 0 Å². The molecule has 0 saturated heterocycles. The first kappa shape index (κ1) is 6.68. The van der Waals surface area contributed by atoms with Crippen LogP contribution in [0.1, 0.15) is 0 Å². The van der Waals surface area contributed by atoms with Gasteiger partial charge in [-0.3, -0.25) is 4.68 Å². The molecular weight excluding hydrogens is 160 g/mol. The lowest BCUT2D eigenvalue weighted by Crippen LogP contribution is -1.87. The number of hydrogen-bond acceptors (Lipinski definition) is 1. The van der Waals surface area contributed by atoms with Gasteiger partial charge in [-0.05, 0) is 12.1 Å². The van der Waals surface area contributed by atoms with Crippen LogP contribution >= 0.6 is 11.6 Å². The van der Waals surface area contributed by atoms with Crippen molar-refractivity contribution in [3.63, 3.8) is 0 Å². The lowest BCUT2D eigenvalue weighted by Gasteiger charge is -1.87. The Balaban J connectivity index is 2.92. The fourth-order valence-corrected chi connectivity index (χ4v) is 1.31. The predicted octanol–water partition coefficient (Wildman–Crippen LogP) is 2.23. The van der Waals surface area contributed by atoms with Gasteiger partial charge in [0.15, 0.2) is 0 Å². The van der Waals surface area contributed by atoms with Gasteiger partial charge in [0.25, 0.3) is 0 Å². The molecule has 0 saturated carbocycles. The molecule has 0 N–H and O–H groups in total. The lowest BCUT2D eigenvalue weighted by molar-refractivity contribution is 0.780. The Labute approximate surface area is 69.4 Å². The molecule has 0 aliphatic rings. The molecule has 2 aromatic rings. The molecule has 0 aliphatic carbocycles. The summed E-state index contributed by atoms with van der Waals surface area (Å²) in [6.45, 7) is 0. The number of rotatable bonds is 0. The van der Waals surface area contributed by atoms with Gasteiger partial charge in [0.2, 0.25) is 0 Å². The molecule has 0 spiro atoms. The molecule has 0 unspecified atom stereocenters. The average molecular weight is 167 g/mol. The SMILES string of the molecule is Cn1nc2ccccc2c1Cl. The molecule has 1 aromatic carbocycles. The van der Waals surface area contributed by atoms with E-state index in [1.165, 1.54) is 0 Å². The number of halogens is 1. The second-order valence-corrected chi connectivity index (χ2v) is 2.79. The Bertz CT molecular complexity index is 392. The first-order valence-corrected chi connectivity index (χ1v) is 3.74. The van der Waals surface area contributed by atoms with Crippen LogP contribution in [0.5, 0.6) is 0 Å². The third-order valence-electron chi connectivity index (χ3n) is 1.67. The van der Waals surface area contributed by atoms with E-state index in [0.29, 0.717) is 5.15 Å². The molecule has 0 fully saturated rings. The van der Waals surface area contributed by atoms with Gasteiger partial charge in [-0.2, -0.15) is 5.10 Å². The quantitative estimate of drug-likeness (QED) is 0.587. The van der Waals surface area contributed by atoms with Crippen molar-refractivity contribution in [3.8, 4) is 0 Å². The zero-order chi connectivity index (χ0) is 7.84. The van der Waals surface area contributed by atoms with E-state index in [2.05, 4.69) is 5.10 Å². The van der Waals surface area contributed by atoms with Gasteiger partial charge in [0, 0.05) is 12.4 Å². The molecule has 56 valence electrons. The van der Waals surface area contributed by atoms with E-state index in [1.807, 2.05) is 31.3 Å². The Kier molecular flexibility index (Phi) is 1.36. The molecular formula is C8H7ClN2. The Hall–Kier alpha value is -1.02. The molecule has 11 heavy (non-hydrogen) atoms. The summed E-state index contributed by atoms with van der Waals surface area (Å²) in [4.78, 5) is 0. The number of aryl methyl sites for hydroxylation is 1. The fourth-order valence-electron chi connectivity index (χ4n) is 1.12. The van der Waals surface area contributed by atoms with Crippen LogP contribution < -0.4 is 0 Å². The summed E-state index contributed by atoms with van der Waals surface area (Å²) >= 11 is 5.94. The van der Waals surface area contributed by atoms with Crippen molar-refractivity contribution >= 4 is 22.5 Å². The van der Waals surface area contributed by atoms with E-state index in [9.17, 15) is 0 Å². The summed E-state index contributed by atoms with van der Waals surface area (Å²) in [7, 11) is 1.84. The molecule has 0 atom stereocenters. The van der Waals surface area contributed by atoms with Crippen LogP contribution in [0.3, 0.4) is 0 Å². The van der Waals surface area contributed by atoms with Gasteiger partial charge < -0.3 is 0 Å². The van der Waals surface area contributed by atoms with Crippen molar-refractivity contribution in [2.45, 2.75) is 0 Å². The van der Waals surface area contributed by atoms with E-state index in [1.54, 1.807) is 4.68 Å². The van der Waals surface area contributed by atoms with Crippen LogP contribution in [0, 0.1) is 0 Å². The zero-order valence-electron chi connectivity index (χ0n) is 6.08. The maximum Gasteiger partial charge on any atom is 0.134 e. The first-order chi connectivity index (χ1) is 5.29. The second-order valence-electron chi connectivity index (χ2n) is 2.43. The monoisotopic (exact) mass is 166 g/mol. The van der Waals surface area contributed by atoms with Crippen LogP contribution in [-0.2, 0) is 7.05 Å². The maximum absolute atomic E-state index is 5.94. The summed E-state index contributed by atoms with van der Waals surface area (Å²) < 4.78 is 1.67. The van der Waals surface area contributed by atoms with Crippen molar-refractivity contribution in [3.05, 3.63) is 29.4 Å². The Morgan fingerprint density at radius 1 is 1.36 bits per heavy atom. The van der Waals surface area contributed by atoms with Crippen molar-refractivity contribution in [2.75, 3.05) is 0 Å². The van der Waals surface area contributed by atoms with Gasteiger partial charge >= 0.3 is 0 Å². The Morgan fingerprint density at radius 2 is 2.09 bits per heavy atom. The van der Waals surface area contributed by atoms with Crippen molar-refractivity contribution < 1.29 is 0 Å². The van der Waals surface area contributed by atoms with Crippen LogP contribution in [0.25, 0.3) is 10.9 Å². The largest absolute Gasteiger partial charge is 0.256 e. The third-order valence-corrected chi connectivity index (χ3v) is 2.12. The summed E-state index contributed by atoms with van der Waals surface area (Å²) in [6, 6.07) is 7.81. The van der Waals surface area contributed by atoms with Gasteiger partial charge in [-0.25, -0.2) is 0 Å². The average Bonchev–Trinajstić information content (AvgIpc) is 2.30. The number of nitrogens with zero attached hydrogens (tertiary/aromatic N) is 2. The minimum atomic E-state index is 0.695. The fraction of sp³-hybridized carbons (Fsp3) is 0.125. The Morgan fingerprint density at radius 3 is 2.82 bits per heavy atom. The van der Waals surface area contributed by atoms with Crippen molar-refractivity contribution in [1.29, 1.82) is 0 Å². The highest BCUT2D eigenvalue weighted by Crippen LogP contribution is 2.21. The smallest absolute Gasteiger partial charge is 0.134 e. The van der Waals surface area contributed by atoms with E-state index in [4.69, 9.17) is 11.6 Å². The summed E-state index contributed by atoms with van der Waals surface area (Å²) in [5.41, 5.74) is 0.944. The minimum Gasteiger partial charge on any atom is -0.256 e. The molecule has 0 radical (unpaired) electrons. The predicted molar refractivity (Wildman–Crippen MR) is 45.7 cm³/mol. The minimum absolute atomic E-state index is 0.695. The second kappa shape index (κ2) is 2.24. The standard InChI is InChI=1S/C8H7ClN2/c1-11-8(9)6-4-2-3-5-7(6)10-11/h2-5H,1H3. The molecule has 3 heteroatoms. The van der Waals surface area contributed by atoms with Crippen LogP contribution in [0.15, 0.2) is 24.3 Å². The maximum atomic E-state index is 5.94. The summed E-state index contributed by atoms with van der Waals surface area (Å²) in [5, 5.41) is 5.90. The summed E-state index contributed by atoms with van der Waals surface area (Å²) in [5.74, 6) is 0. The molecule has 2 rings (SSSR count). The van der Waals surface area contributed by atoms with Gasteiger partial charge in [-0.15, -0.1) is 0 Å². The van der Waals surface area contributed by atoms with E-state index < -0.39 is 0 Å². The van der Waals surface area contributed by atoms with Crippen molar-refractivity contribution in [1.82, 2.24) is 9.78 Å². The van der Waals surface area contributed by atoms with Crippen LogP contribution in [-0.4, -0.2) is 9.78 Å². The van der Waals surface area contributed by atoms with E-state index in [0.717, 1.165) is 10.9 Å². The highest BCUT2D eigenvalue weighted by atomic mass is 35.5.